The molecule has 1 heterocycles. The number of hydrogen-bond acceptors (Lipinski definition) is 4. The van der Waals surface area contributed by atoms with E-state index in [1.165, 1.54) is 17.4 Å². The number of benzene rings is 2. The summed E-state index contributed by atoms with van der Waals surface area (Å²) in [6.45, 7) is 1.90. The largest absolute Gasteiger partial charge is 0.480 e. The second-order valence-corrected chi connectivity index (χ2v) is 9.93. The van der Waals surface area contributed by atoms with E-state index in [1.54, 1.807) is 22.6 Å². The van der Waals surface area contributed by atoms with Crippen LogP contribution in [0.5, 0.6) is 0 Å². The summed E-state index contributed by atoms with van der Waals surface area (Å²) >= 11 is 1.70. The van der Waals surface area contributed by atoms with Crippen LogP contribution >= 0.6 is 22.6 Å². The number of allylic oxidation sites excluding steroid dienone is 1. The molecule has 0 saturated heterocycles. The zero-order valence-corrected chi connectivity index (χ0v) is 20.8. The number of carboxylic acids is 1. The van der Waals surface area contributed by atoms with Crippen molar-refractivity contribution >= 4 is 40.3 Å². The second kappa shape index (κ2) is 10.4. The lowest BCUT2D eigenvalue weighted by molar-refractivity contribution is -0.136. The molecule has 2 N–H and O–H groups in total. The smallest absolute Gasteiger partial charge is 0.335 e. The number of aliphatic carboxylic acids is 1. The molecule has 176 valence electrons. The first-order valence-corrected chi connectivity index (χ1v) is 12.2. The van der Waals surface area contributed by atoms with Crippen LogP contribution in [0, 0.1) is 12.8 Å². The molecule has 0 radical (unpaired) electrons. The van der Waals surface area contributed by atoms with Gasteiger partial charge < -0.3 is 5.11 Å². The van der Waals surface area contributed by atoms with Crippen molar-refractivity contribution in [3.8, 4) is 0 Å². The van der Waals surface area contributed by atoms with Gasteiger partial charge in [-0.15, -0.1) is 0 Å². The number of H-pyrrole nitrogens is 1. The number of alkyl halides is 1. The molecule has 0 aliphatic heterocycles. The highest BCUT2D eigenvalue weighted by Crippen LogP contribution is 2.30. The third-order valence-electron chi connectivity index (χ3n) is 5.56. The Kier molecular flexibility index (Phi) is 7.30. The van der Waals surface area contributed by atoms with Crippen LogP contribution in [0.15, 0.2) is 69.2 Å². The van der Waals surface area contributed by atoms with Gasteiger partial charge in [0, 0.05) is 0 Å². The van der Waals surface area contributed by atoms with Crippen molar-refractivity contribution in [1.29, 1.82) is 0 Å². The summed E-state index contributed by atoms with van der Waals surface area (Å²) in [6.07, 6.45) is 6.78. The van der Waals surface area contributed by atoms with Crippen molar-refractivity contribution in [2.45, 2.75) is 36.8 Å². The van der Waals surface area contributed by atoms with Crippen LogP contribution in [-0.2, 0) is 17.9 Å². The van der Waals surface area contributed by atoms with Crippen LogP contribution in [-0.4, -0.2) is 29.1 Å². The molecule has 2 aromatic carbocycles. The summed E-state index contributed by atoms with van der Waals surface area (Å²) in [6, 6.07) is 15.2. The third-order valence-corrected chi connectivity index (χ3v) is 6.49. The number of nitrogens with zero attached hydrogens (tertiary/aromatic N) is 3. The number of carbonyl (C=O) groups is 1. The van der Waals surface area contributed by atoms with Gasteiger partial charge >= 0.3 is 17.3 Å². The van der Waals surface area contributed by atoms with Crippen LogP contribution < -0.4 is 17.0 Å². The van der Waals surface area contributed by atoms with Crippen molar-refractivity contribution in [2.75, 3.05) is 0 Å². The Hall–Kier alpha value is -3.21. The lowest BCUT2D eigenvalue weighted by Gasteiger charge is -2.12. The van der Waals surface area contributed by atoms with Gasteiger partial charge in [0.1, 0.15) is 3.92 Å². The van der Waals surface area contributed by atoms with Crippen LogP contribution in [0.4, 0.5) is 5.69 Å². The second-order valence-electron chi connectivity index (χ2n) is 8.42. The van der Waals surface area contributed by atoms with Crippen molar-refractivity contribution in [3.63, 3.8) is 0 Å². The molecule has 4 rings (SSSR count). The van der Waals surface area contributed by atoms with E-state index >= 15 is 0 Å². The standard InChI is InChI=1S/C25H25IN4O4/c1-16-2-4-19(5-3-16)14-29-23(28-24(33)30(25(29)34)15-21(26)22(31)32)27-20-12-10-18(11-13-20)9-8-17-6-7-17/h2-5,8-13,17,21H,6-7,14-15H2,1H3,(H,31,32)(H,27,28,33)/b9-8+/t21-/m0/s1. The Balaban J connectivity index is 1.76. The molecule has 9 heteroatoms. The maximum Gasteiger partial charge on any atom is 0.335 e. The highest BCUT2D eigenvalue weighted by Gasteiger charge is 2.18. The van der Waals surface area contributed by atoms with Crippen LogP contribution in [0.1, 0.15) is 29.5 Å². The zero-order valence-electron chi connectivity index (χ0n) is 18.6. The monoisotopic (exact) mass is 572 g/mol. The lowest BCUT2D eigenvalue weighted by atomic mass is 10.1. The van der Waals surface area contributed by atoms with Crippen molar-refractivity contribution in [1.82, 2.24) is 14.1 Å². The predicted octanol–water partition coefficient (Wildman–Crippen LogP) is 3.24. The summed E-state index contributed by atoms with van der Waals surface area (Å²) in [5.41, 5.74) is 2.38. The first-order valence-electron chi connectivity index (χ1n) is 11.0. The molecule has 34 heavy (non-hydrogen) atoms. The Labute approximate surface area is 209 Å². The van der Waals surface area contributed by atoms with Crippen LogP contribution in [0.2, 0.25) is 0 Å². The SMILES string of the molecule is Cc1ccc(Cn2c(=O)n(C[C@H](I)C(=O)O)c(=O)[nH]/c2=N\c2ccc(/C=C/C3CC3)cc2)cc1. The molecule has 1 atom stereocenters. The maximum atomic E-state index is 13.3. The van der Waals surface area contributed by atoms with E-state index in [4.69, 9.17) is 0 Å². The Morgan fingerprint density at radius 1 is 1.15 bits per heavy atom. The molecular formula is C25H25IN4O4. The number of halogens is 1. The molecule has 1 aromatic heterocycles. The summed E-state index contributed by atoms with van der Waals surface area (Å²) in [4.78, 5) is 44.5. The average Bonchev–Trinajstić information content (AvgIpc) is 3.64. The van der Waals surface area contributed by atoms with Gasteiger partial charge in [-0.25, -0.2) is 19.1 Å². The molecule has 1 fully saturated rings. The fourth-order valence-electron chi connectivity index (χ4n) is 3.38. The van der Waals surface area contributed by atoms with Crippen LogP contribution in [0.25, 0.3) is 6.08 Å². The van der Waals surface area contributed by atoms with Gasteiger partial charge in [-0.05, 0) is 48.9 Å². The number of aromatic amines is 1. The fourth-order valence-corrected chi connectivity index (χ4v) is 3.77. The fraction of sp³-hybridized carbons (Fsp3) is 0.280. The van der Waals surface area contributed by atoms with E-state index in [9.17, 15) is 19.5 Å². The van der Waals surface area contributed by atoms with Crippen molar-refractivity contribution in [2.24, 2.45) is 10.9 Å². The highest BCUT2D eigenvalue weighted by molar-refractivity contribution is 14.1. The molecule has 1 aliphatic carbocycles. The Bertz CT molecular complexity index is 1400. The predicted molar refractivity (Wildman–Crippen MR) is 138 cm³/mol. The molecule has 1 aliphatic rings. The van der Waals surface area contributed by atoms with Gasteiger partial charge in [-0.1, -0.05) is 76.7 Å². The van der Waals surface area contributed by atoms with Gasteiger partial charge in [0.15, 0.2) is 0 Å². The lowest BCUT2D eigenvalue weighted by Crippen LogP contribution is -2.51. The van der Waals surface area contributed by atoms with E-state index in [-0.39, 0.29) is 18.7 Å². The molecule has 1 saturated carbocycles. The summed E-state index contributed by atoms with van der Waals surface area (Å²) in [5, 5.41) is 9.23. The Morgan fingerprint density at radius 3 is 2.44 bits per heavy atom. The van der Waals surface area contributed by atoms with E-state index in [2.05, 4.69) is 22.1 Å². The topological polar surface area (TPSA) is 109 Å². The Morgan fingerprint density at radius 2 is 1.82 bits per heavy atom. The zero-order chi connectivity index (χ0) is 24.2. The third kappa shape index (κ3) is 6.02. The maximum absolute atomic E-state index is 13.3. The summed E-state index contributed by atoms with van der Waals surface area (Å²) in [7, 11) is 0. The number of hydrogen-bond donors (Lipinski definition) is 2. The first kappa shape index (κ1) is 23.9. The molecule has 0 amide bonds. The minimum Gasteiger partial charge on any atom is -0.480 e. The minimum atomic E-state index is -1.10. The van der Waals surface area contributed by atoms with E-state index in [0.717, 1.165) is 21.3 Å². The first-order chi connectivity index (χ1) is 16.3. The van der Waals surface area contributed by atoms with E-state index in [0.29, 0.717) is 11.6 Å². The molecular weight excluding hydrogens is 547 g/mol. The highest BCUT2D eigenvalue weighted by atomic mass is 127. The molecule has 0 bridgehead atoms. The number of carboxylic acid groups (broad SMARTS) is 1. The molecule has 0 spiro atoms. The average molecular weight is 572 g/mol. The van der Waals surface area contributed by atoms with Gasteiger partial charge in [-0.3, -0.25) is 14.3 Å². The minimum absolute atomic E-state index is 0.105. The number of aromatic nitrogens is 3. The van der Waals surface area contributed by atoms with Gasteiger partial charge in [0.2, 0.25) is 5.62 Å². The summed E-state index contributed by atoms with van der Waals surface area (Å²) in [5.74, 6) is -0.411. The van der Waals surface area contributed by atoms with Crippen molar-refractivity contribution in [3.05, 3.63) is 97.9 Å². The van der Waals surface area contributed by atoms with Gasteiger partial charge in [0.25, 0.3) is 0 Å². The van der Waals surface area contributed by atoms with E-state index < -0.39 is 21.3 Å². The molecule has 0 unspecified atom stereocenters. The van der Waals surface area contributed by atoms with Gasteiger partial charge in [-0.2, -0.15) is 0 Å². The van der Waals surface area contributed by atoms with Gasteiger partial charge in [0.05, 0.1) is 18.8 Å². The van der Waals surface area contributed by atoms with Crippen molar-refractivity contribution < 1.29 is 9.90 Å². The normalized spacial score (nSPS) is 15.1. The summed E-state index contributed by atoms with van der Waals surface area (Å²) < 4.78 is 1.34. The molecule has 3 aromatic rings. The quantitative estimate of drug-likeness (QED) is 0.319. The van der Waals surface area contributed by atoms with Crippen LogP contribution in [0.3, 0.4) is 0 Å². The number of nitrogens with one attached hydrogen (secondary N) is 1. The number of rotatable bonds is 8. The number of aryl methyl sites for hydroxylation is 1. The molecule has 8 nitrogen and oxygen atoms in total. The van der Waals surface area contributed by atoms with E-state index in [1.807, 2.05) is 55.5 Å².